The molecular formula is C64H42N2O. The highest BCUT2D eigenvalue weighted by molar-refractivity contribution is 6.13. The maximum absolute atomic E-state index is 6.51. The molecule has 2 heterocycles. The normalized spacial score (nSPS) is 11.6. The van der Waals surface area contributed by atoms with Crippen LogP contribution in [0.3, 0.4) is 0 Å². The molecule has 0 aliphatic heterocycles. The zero-order valence-electron chi connectivity index (χ0n) is 36.6. The van der Waals surface area contributed by atoms with Crippen molar-refractivity contribution in [3.05, 3.63) is 255 Å². The molecule has 67 heavy (non-hydrogen) atoms. The fourth-order valence-electron chi connectivity index (χ4n) is 10.4. The molecule has 13 rings (SSSR count). The number of anilines is 3. The van der Waals surface area contributed by atoms with Gasteiger partial charge in [-0.05, 0) is 105 Å². The van der Waals surface area contributed by atoms with E-state index in [9.17, 15) is 0 Å². The predicted molar refractivity (Wildman–Crippen MR) is 282 cm³/mol. The first-order valence-electron chi connectivity index (χ1n) is 22.9. The summed E-state index contributed by atoms with van der Waals surface area (Å²) in [5, 5.41) is 7.08. The summed E-state index contributed by atoms with van der Waals surface area (Å²) in [6, 6.07) is 92.1. The third kappa shape index (κ3) is 6.43. The molecule has 0 aliphatic rings. The van der Waals surface area contributed by atoms with Gasteiger partial charge in [0.2, 0.25) is 0 Å². The van der Waals surface area contributed by atoms with Gasteiger partial charge in [0.1, 0.15) is 11.2 Å². The summed E-state index contributed by atoms with van der Waals surface area (Å²) in [4.78, 5) is 2.49. The average Bonchev–Trinajstić information content (AvgIpc) is 3.94. The van der Waals surface area contributed by atoms with Crippen molar-refractivity contribution < 1.29 is 4.42 Å². The second-order valence-corrected chi connectivity index (χ2v) is 17.2. The van der Waals surface area contributed by atoms with E-state index in [1.165, 1.54) is 49.3 Å². The Kier molecular flexibility index (Phi) is 9.17. The number of nitrogens with zero attached hydrogens (tertiary/aromatic N) is 2. The van der Waals surface area contributed by atoms with Gasteiger partial charge in [-0.25, -0.2) is 0 Å². The molecule has 0 saturated heterocycles. The van der Waals surface area contributed by atoms with Crippen molar-refractivity contribution in [1.82, 2.24) is 4.57 Å². The quantitative estimate of drug-likeness (QED) is 0.152. The van der Waals surface area contributed by atoms with Crippen LogP contribution in [-0.2, 0) is 0 Å². The van der Waals surface area contributed by atoms with E-state index in [-0.39, 0.29) is 0 Å². The zero-order valence-corrected chi connectivity index (χ0v) is 36.6. The average molecular weight is 855 g/mol. The third-order valence-corrected chi connectivity index (χ3v) is 13.4. The largest absolute Gasteiger partial charge is 0.456 e. The van der Waals surface area contributed by atoms with Gasteiger partial charge in [0.25, 0.3) is 0 Å². The van der Waals surface area contributed by atoms with Crippen LogP contribution in [-0.4, -0.2) is 4.57 Å². The van der Waals surface area contributed by atoms with Crippen molar-refractivity contribution in [2.45, 2.75) is 0 Å². The highest BCUT2D eigenvalue weighted by Crippen LogP contribution is 2.50. The molecule has 0 saturated carbocycles. The standard InChI is InChI=1S/C64H42N2O/c1-3-19-43(20-4-1)50-30-17-21-44-22-18-31-55(64(44)50)51-27-9-15-35-60(51)66(58-33-13-8-26-49(58)46-37-39-54-53-29-11-16-36-62(53)67-63(54)42-46)57-32-12-7-25-48(57)45-38-40-61-56(41-45)52-28-10-14-34-59(52)65(61)47-23-5-2-6-24-47/h1-42H. The Labute approximate surface area is 388 Å². The molecule has 0 spiro atoms. The van der Waals surface area contributed by atoms with Gasteiger partial charge >= 0.3 is 0 Å². The number of rotatable bonds is 8. The van der Waals surface area contributed by atoms with Crippen molar-refractivity contribution in [3.63, 3.8) is 0 Å². The Balaban J connectivity index is 1.07. The zero-order chi connectivity index (χ0) is 44.3. The van der Waals surface area contributed by atoms with E-state index in [1.54, 1.807) is 0 Å². The minimum absolute atomic E-state index is 0.869. The first-order valence-corrected chi connectivity index (χ1v) is 22.9. The molecular weight excluding hydrogens is 813 g/mol. The summed E-state index contributed by atoms with van der Waals surface area (Å²) < 4.78 is 8.89. The number of hydrogen-bond donors (Lipinski definition) is 0. The summed E-state index contributed by atoms with van der Waals surface area (Å²) in [7, 11) is 0. The second kappa shape index (κ2) is 16.0. The van der Waals surface area contributed by atoms with Crippen LogP contribution < -0.4 is 4.90 Å². The highest BCUT2D eigenvalue weighted by atomic mass is 16.3. The fraction of sp³-hybridized carbons (Fsp3) is 0. The SMILES string of the molecule is c1ccc(-c2cccc3cccc(-c4ccccc4N(c4ccccc4-c4ccc5c(c4)oc4ccccc45)c4ccccc4-c4ccc5c(c4)c4ccccc4n5-c4ccccc4)c23)cc1. The molecule has 0 aliphatic carbocycles. The van der Waals surface area contributed by atoms with Crippen molar-refractivity contribution in [3.8, 4) is 50.2 Å². The number of aromatic nitrogens is 1. The van der Waals surface area contributed by atoms with Crippen molar-refractivity contribution >= 4 is 71.6 Å². The van der Waals surface area contributed by atoms with E-state index >= 15 is 0 Å². The summed E-state index contributed by atoms with van der Waals surface area (Å²) in [6.45, 7) is 0. The van der Waals surface area contributed by atoms with Gasteiger partial charge in [-0.15, -0.1) is 0 Å². The lowest BCUT2D eigenvalue weighted by Crippen LogP contribution is -2.13. The van der Waals surface area contributed by atoms with Crippen LogP contribution in [0.4, 0.5) is 17.1 Å². The van der Waals surface area contributed by atoms with E-state index in [2.05, 4.69) is 252 Å². The molecule has 0 atom stereocenters. The molecule has 0 fully saturated rings. The van der Waals surface area contributed by atoms with Crippen LogP contribution in [0.2, 0.25) is 0 Å². The van der Waals surface area contributed by atoms with Gasteiger partial charge in [-0.1, -0.05) is 188 Å². The van der Waals surface area contributed by atoms with Crippen molar-refractivity contribution in [1.29, 1.82) is 0 Å². The van der Waals surface area contributed by atoms with Gasteiger partial charge in [-0.3, -0.25) is 0 Å². The smallest absolute Gasteiger partial charge is 0.136 e. The minimum Gasteiger partial charge on any atom is -0.456 e. The molecule has 0 N–H and O–H groups in total. The van der Waals surface area contributed by atoms with E-state index in [1.807, 2.05) is 12.1 Å². The lowest BCUT2D eigenvalue weighted by molar-refractivity contribution is 0.669. The van der Waals surface area contributed by atoms with Gasteiger partial charge in [0.05, 0.1) is 28.1 Å². The number of fused-ring (bicyclic) bond motifs is 7. The van der Waals surface area contributed by atoms with Crippen molar-refractivity contribution in [2.75, 3.05) is 4.90 Å². The highest BCUT2D eigenvalue weighted by Gasteiger charge is 2.25. The first-order chi connectivity index (χ1) is 33.3. The van der Waals surface area contributed by atoms with E-state index in [0.29, 0.717) is 0 Å². The third-order valence-electron chi connectivity index (χ3n) is 13.4. The summed E-state index contributed by atoms with van der Waals surface area (Å²) in [5.41, 5.74) is 17.6. The second-order valence-electron chi connectivity index (χ2n) is 17.2. The van der Waals surface area contributed by atoms with Crippen LogP contribution in [0.1, 0.15) is 0 Å². The lowest BCUT2D eigenvalue weighted by atomic mass is 9.90. The van der Waals surface area contributed by atoms with Gasteiger partial charge in [0.15, 0.2) is 0 Å². The number of furan rings is 1. The summed E-state index contributed by atoms with van der Waals surface area (Å²) in [5.74, 6) is 0. The van der Waals surface area contributed by atoms with E-state index in [4.69, 9.17) is 4.42 Å². The Hall–Kier alpha value is -8.92. The Morgan fingerprint density at radius 1 is 0.299 bits per heavy atom. The van der Waals surface area contributed by atoms with E-state index < -0.39 is 0 Å². The monoisotopic (exact) mass is 854 g/mol. The molecule has 3 heteroatoms. The Morgan fingerprint density at radius 2 is 0.821 bits per heavy atom. The summed E-state index contributed by atoms with van der Waals surface area (Å²) in [6.07, 6.45) is 0. The molecule has 0 amide bonds. The van der Waals surface area contributed by atoms with Gasteiger partial charge in [0, 0.05) is 43.9 Å². The first kappa shape index (κ1) is 38.5. The van der Waals surface area contributed by atoms with Crippen LogP contribution in [0.25, 0.3) is 105 Å². The van der Waals surface area contributed by atoms with Gasteiger partial charge < -0.3 is 13.9 Å². The molecule has 3 nitrogen and oxygen atoms in total. The molecule has 314 valence electrons. The van der Waals surface area contributed by atoms with E-state index in [0.717, 1.165) is 72.5 Å². The molecule has 13 aromatic rings. The predicted octanol–water partition coefficient (Wildman–Crippen LogP) is 18.0. The Bertz CT molecular complexity index is 3990. The number of benzene rings is 11. The maximum atomic E-state index is 6.51. The molecule has 0 unspecified atom stereocenters. The van der Waals surface area contributed by atoms with Crippen LogP contribution in [0, 0.1) is 0 Å². The van der Waals surface area contributed by atoms with Crippen LogP contribution in [0.15, 0.2) is 259 Å². The minimum atomic E-state index is 0.869. The fourth-order valence-corrected chi connectivity index (χ4v) is 10.4. The summed E-state index contributed by atoms with van der Waals surface area (Å²) >= 11 is 0. The lowest BCUT2D eigenvalue weighted by Gasteiger charge is -2.32. The van der Waals surface area contributed by atoms with Crippen LogP contribution in [0.5, 0.6) is 0 Å². The van der Waals surface area contributed by atoms with Gasteiger partial charge in [-0.2, -0.15) is 0 Å². The number of para-hydroxylation sites is 6. The Morgan fingerprint density at radius 3 is 1.57 bits per heavy atom. The molecule has 2 aromatic heterocycles. The van der Waals surface area contributed by atoms with Crippen LogP contribution >= 0.6 is 0 Å². The molecule has 11 aromatic carbocycles. The molecule has 0 radical (unpaired) electrons. The molecule has 0 bridgehead atoms. The number of hydrogen-bond acceptors (Lipinski definition) is 2. The maximum Gasteiger partial charge on any atom is 0.136 e. The van der Waals surface area contributed by atoms with Crippen molar-refractivity contribution in [2.24, 2.45) is 0 Å². The topological polar surface area (TPSA) is 21.3 Å².